The molecule has 0 aliphatic rings. The lowest BCUT2D eigenvalue weighted by Gasteiger charge is -2.06. The van der Waals surface area contributed by atoms with E-state index in [1.807, 2.05) is 6.92 Å². The Labute approximate surface area is 120 Å². The first-order valence-electron chi connectivity index (χ1n) is 5.26. The van der Waals surface area contributed by atoms with Gasteiger partial charge in [-0.1, -0.05) is 0 Å². The SMILES string of the molecule is Cc1cnc(CNc2cc(F)c(Br)cc2[N+](=O)[O-])s1. The van der Waals surface area contributed by atoms with Gasteiger partial charge in [0.2, 0.25) is 0 Å². The number of nitro groups is 1. The summed E-state index contributed by atoms with van der Waals surface area (Å²) < 4.78 is 13.5. The number of halogens is 2. The maximum atomic E-state index is 13.4. The van der Waals surface area contributed by atoms with E-state index < -0.39 is 10.7 Å². The molecule has 100 valence electrons. The summed E-state index contributed by atoms with van der Waals surface area (Å²) in [5, 5.41) is 14.5. The largest absolute Gasteiger partial charge is 0.373 e. The summed E-state index contributed by atoms with van der Waals surface area (Å²) in [5.74, 6) is -0.552. The molecule has 0 bridgehead atoms. The van der Waals surface area contributed by atoms with Crippen molar-refractivity contribution >= 4 is 38.6 Å². The fraction of sp³-hybridized carbons (Fsp3) is 0.182. The highest BCUT2D eigenvalue weighted by Gasteiger charge is 2.17. The third-order valence-corrected chi connectivity index (χ3v) is 3.85. The number of anilines is 1. The second-order valence-electron chi connectivity index (χ2n) is 3.76. The lowest BCUT2D eigenvalue weighted by molar-refractivity contribution is -0.384. The van der Waals surface area contributed by atoms with Crippen LogP contribution in [0.15, 0.2) is 22.8 Å². The van der Waals surface area contributed by atoms with E-state index in [0.29, 0.717) is 6.54 Å². The predicted molar refractivity (Wildman–Crippen MR) is 74.9 cm³/mol. The maximum Gasteiger partial charge on any atom is 0.293 e. The minimum Gasteiger partial charge on any atom is -0.373 e. The van der Waals surface area contributed by atoms with Gasteiger partial charge in [-0.05, 0) is 22.9 Å². The van der Waals surface area contributed by atoms with Gasteiger partial charge in [0.1, 0.15) is 16.5 Å². The Bertz CT molecular complexity index is 632. The van der Waals surface area contributed by atoms with E-state index in [2.05, 4.69) is 26.2 Å². The first kappa shape index (κ1) is 13.9. The number of rotatable bonds is 4. The van der Waals surface area contributed by atoms with E-state index in [0.717, 1.165) is 22.0 Å². The van der Waals surface area contributed by atoms with Crippen LogP contribution >= 0.6 is 27.3 Å². The Kier molecular flexibility index (Phi) is 4.11. The van der Waals surface area contributed by atoms with Crippen LogP contribution in [0.2, 0.25) is 0 Å². The van der Waals surface area contributed by atoms with Crippen molar-refractivity contribution in [2.45, 2.75) is 13.5 Å². The summed E-state index contributed by atoms with van der Waals surface area (Å²) in [5.41, 5.74) is -0.0416. The molecule has 0 amide bonds. The Morgan fingerprint density at radius 1 is 1.58 bits per heavy atom. The van der Waals surface area contributed by atoms with Crippen LogP contribution in [0.3, 0.4) is 0 Å². The number of hydrogen-bond acceptors (Lipinski definition) is 5. The van der Waals surface area contributed by atoms with Crippen molar-refractivity contribution in [2.24, 2.45) is 0 Å². The molecule has 0 saturated carbocycles. The smallest absolute Gasteiger partial charge is 0.293 e. The summed E-state index contributed by atoms with van der Waals surface area (Å²) in [6.45, 7) is 2.24. The zero-order chi connectivity index (χ0) is 14.0. The van der Waals surface area contributed by atoms with E-state index in [1.165, 1.54) is 11.3 Å². The van der Waals surface area contributed by atoms with Gasteiger partial charge in [0.05, 0.1) is 15.9 Å². The summed E-state index contributed by atoms with van der Waals surface area (Å²) in [6, 6.07) is 2.24. The van der Waals surface area contributed by atoms with Crippen LogP contribution in [0.1, 0.15) is 9.88 Å². The van der Waals surface area contributed by atoms with Crippen LogP contribution in [0.4, 0.5) is 15.8 Å². The molecule has 2 aromatic rings. The number of hydrogen-bond donors (Lipinski definition) is 1. The fourth-order valence-electron chi connectivity index (χ4n) is 1.48. The van der Waals surface area contributed by atoms with Gasteiger partial charge in [-0.3, -0.25) is 10.1 Å². The van der Waals surface area contributed by atoms with Gasteiger partial charge in [-0.15, -0.1) is 11.3 Å². The average molecular weight is 346 g/mol. The van der Waals surface area contributed by atoms with E-state index in [9.17, 15) is 14.5 Å². The molecule has 1 aromatic heterocycles. The second kappa shape index (κ2) is 5.62. The Morgan fingerprint density at radius 2 is 2.32 bits per heavy atom. The number of benzene rings is 1. The molecule has 0 fully saturated rings. The van der Waals surface area contributed by atoms with Gasteiger partial charge in [-0.25, -0.2) is 9.37 Å². The third kappa shape index (κ3) is 3.27. The molecule has 0 unspecified atom stereocenters. The van der Waals surface area contributed by atoms with Crippen molar-refractivity contribution in [1.82, 2.24) is 4.98 Å². The van der Waals surface area contributed by atoms with Crippen LogP contribution in [0.25, 0.3) is 0 Å². The van der Waals surface area contributed by atoms with Gasteiger partial charge in [0, 0.05) is 23.2 Å². The molecule has 0 atom stereocenters. The van der Waals surface area contributed by atoms with Crippen molar-refractivity contribution in [1.29, 1.82) is 0 Å². The fourth-order valence-corrected chi connectivity index (χ4v) is 2.54. The summed E-state index contributed by atoms with van der Waals surface area (Å²) in [4.78, 5) is 15.5. The predicted octanol–water partition coefficient (Wildman–Crippen LogP) is 3.87. The molecule has 19 heavy (non-hydrogen) atoms. The Balaban J connectivity index is 2.23. The minimum absolute atomic E-state index is 0.0647. The lowest BCUT2D eigenvalue weighted by atomic mass is 10.2. The lowest BCUT2D eigenvalue weighted by Crippen LogP contribution is -2.03. The van der Waals surface area contributed by atoms with Crippen molar-refractivity contribution in [3.63, 3.8) is 0 Å². The topological polar surface area (TPSA) is 68.1 Å². The Morgan fingerprint density at radius 3 is 2.89 bits per heavy atom. The highest BCUT2D eigenvalue weighted by Crippen LogP contribution is 2.31. The van der Waals surface area contributed by atoms with Gasteiger partial charge in [-0.2, -0.15) is 0 Å². The van der Waals surface area contributed by atoms with E-state index in [1.54, 1.807) is 6.20 Å². The van der Waals surface area contributed by atoms with Crippen LogP contribution in [-0.2, 0) is 6.54 Å². The number of nitro benzene ring substituents is 1. The molecule has 2 rings (SSSR count). The van der Waals surface area contributed by atoms with E-state index in [4.69, 9.17) is 0 Å². The molecule has 0 aliphatic carbocycles. The summed E-state index contributed by atoms with van der Waals surface area (Å²) in [6.07, 6.45) is 1.72. The molecular formula is C11H9BrFN3O2S. The third-order valence-electron chi connectivity index (χ3n) is 2.33. The zero-order valence-electron chi connectivity index (χ0n) is 9.81. The molecule has 5 nitrogen and oxygen atoms in total. The molecular weight excluding hydrogens is 337 g/mol. The monoisotopic (exact) mass is 345 g/mol. The molecule has 1 heterocycles. The van der Waals surface area contributed by atoms with Crippen molar-refractivity contribution in [3.8, 4) is 0 Å². The van der Waals surface area contributed by atoms with Gasteiger partial charge in [0.15, 0.2) is 0 Å². The number of aromatic nitrogens is 1. The standard InChI is InChI=1S/C11H9BrFN3O2S/c1-6-4-15-11(19-6)5-14-9-3-8(13)7(12)2-10(9)16(17)18/h2-4,14H,5H2,1H3. The highest BCUT2D eigenvalue weighted by atomic mass is 79.9. The second-order valence-corrected chi connectivity index (χ2v) is 5.93. The van der Waals surface area contributed by atoms with E-state index >= 15 is 0 Å². The molecule has 8 heteroatoms. The van der Waals surface area contributed by atoms with Crippen LogP contribution in [0, 0.1) is 22.9 Å². The molecule has 0 saturated heterocycles. The first-order valence-corrected chi connectivity index (χ1v) is 6.87. The molecule has 0 aliphatic heterocycles. The molecule has 1 aromatic carbocycles. The average Bonchev–Trinajstić information content (AvgIpc) is 2.76. The summed E-state index contributed by atoms with van der Waals surface area (Å²) >= 11 is 4.41. The normalized spacial score (nSPS) is 10.5. The quantitative estimate of drug-likeness (QED) is 0.674. The Hall–Kier alpha value is -1.54. The highest BCUT2D eigenvalue weighted by molar-refractivity contribution is 9.10. The number of nitrogens with zero attached hydrogens (tertiary/aromatic N) is 2. The maximum absolute atomic E-state index is 13.4. The minimum atomic E-state index is -0.556. The van der Waals surface area contributed by atoms with Gasteiger partial charge >= 0.3 is 0 Å². The van der Waals surface area contributed by atoms with Crippen LogP contribution in [-0.4, -0.2) is 9.91 Å². The van der Waals surface area contributed by atoms with Crippen molar-refractivity contribution < 1.29 is 9.31 Å². The molecule has 1 N–H and O–H groups in total. The molecule has 0 spiro atoms. The van der Waals surface area contributed by atoms with E-state index in [-0.39, 0.29) is 15.8 Å². The van der Waals surface area contributed by atoms with Crippen molar-refractivity contribution in [2.75, 3.05) is 5.32 Å². The van der Waals surface area contributed by atoms with Crippen LogP contribution in [0.5, 0.6) is 0 Å². The molecule has 0 radical (unpaired) electrons. The number of thiazole rings is 1. The van der Waals surface area contributed by atoms with Gasteiger partial charge in [0.25, 0.3) is 5.69 Å². The summed E-state index contributed by atoms with van der Waals surface area (Å²) in [7, 11) is 0. The number of nitrogens with one attached hydrogen (secondary N) is 1. The zero-order valence-corrected chi connectivity index (χ0v) is 12.2. The first-order chi connectivity index (χ1) is 8.97. The number of aryl methyl sites for hydroxylation is 1. The van der Waals surface area contributed by atoms with Crippen molar-refractivity contribution in [3.05, 3.63) is 48.6 Å². The van der Waals surface area contributed by atoms with Crippen LogP contribution < -0.4 is 5.32 Å². The van der Waals surface area contributed by atoms with Gasteiger partial charge < -0.3 is 5.32 Å².